The second-order valence-electron chi connectivity index (χ2n) is 5.59. The van der Waals surface area contributed by atoms with Gasteiger partial charge in [-0.25, -0.2) is 0 Å². The Morgan fingerprint density at radius 3 is 2.27 bits per heavy atom. The second kappa shape index (κ2) is 8.85. The summed E-state index contributed by atoms with van der Waals surface area (Å²) in [5.41, 5.74) is 0. The highest BCUT2D eigenvalue weighted by Gasteiger charge is 2.15. The van der Waals surface area contributed by atoms with Crippen LogP contribution in [0.1, 0.15) is 44.9 Å². The average Bonchev–Trinajstić information content (AvgIpc) is 2.44. The van der Waals surface area contributed by atoms with Crippen molar-refractivity contribution in [3.05, 3.63) is 27.2 Å². The minimum absolute atomic E-state index is 0.0752. The van der Waals surface area contributed by atoms with Gasteiger partial charge in [0.05, 0.1) is 15.1 Å². The summed E-state index contributed by atoms with van der Waals surface area (Å²) in [4.78, 5) is 12.0. The van der Waals surface area contributed by atoms with Gasteiger partial charge in [0.2, 0.25) is 0 Å². The predicted octanol–water partition coefficient (Wildman–Crippen LogP) is 5.25. The first-order valence-corrected chi connectivity index (χ1v) is 8.76. The van der Waals surface area contributed by atoms with Gasteiger partial charge in [-0.3, -0.25) is 4.79 Å². The lowest BCUT2D eigenvalue weighted by Crippen LogP contribution is -2.38. The van der Waals surface area contributed by atoms with Crippen molar-refractivity contribution in [1.82, 2.24) is 5.32 Å². The summed E-state index contributed by atoms with van der Waals surface area (Å²) >= 11 is 17.8. The molecule has 0 radical (unpaired) electrons. The number of hydrogen-bond acceptors (Lipinski definition) is 2. The molecule has 1 aromatic rings. The minimum Gasteiger partial charge on any atom is -0.482 e. The van der Waals surface area contributed by atoms with Gasteiger partial charge in [0.15, 0.2) is 6.61 Å². The van der Waals surface area contributed by atoms with Crippen molar-refractivity contribution in [2.75, 3.05) is 6.61 Å². The van der Waals surface area contributed by atoms with Gasteiger partial charge in [-0.15, -0.1) is 0 Å². The third kappa shape index (κ3) is 5.53. The van der Waals surface area contributed by atoms with Gasteiger partial charge in [-0.05, 0) is 18.9 Å². The molecule has 6 heteroatoms. The van der Waals surface area contributed by atoms with Gasteiger partial charge in [-0.1, -0.05) is 66.9 Å². The Bertz CT molecular complexity index is 514. The number of hydrogen-bond donors (Lipinski definition) is 1. The maximum Gasteiger partial charge on any atom is 0.258 e. The summed E-state index contributed by atoms with van der Waals surface area (Å²) in [7, 11) is 0. The van der Waals surface area contributed by atoms with E-state index in [0.29, 0.717) is 20.8 Å². The Balaban J connectivity index is 1.83. The van der Waals surface area contributed by atoms with Crippen LogP contribution in [0.5, 0.6) is 5.75 Å². The van der Waals surface area contributed by atoms with E-state index in [-0.39, 0.29) is 18.6 Å². The summed E-state index contributed by atoms with van der Waals surface area (Å²) in [6, 6.07) is 3.28. The van der Waals surface area contributed by atoms with E-state index in [2.05, 4.69) is 5.32 Å². The molecule has 122 valence electrons. The molecular formula is C16H20Cl3NO2. The van der Waals surface area contributed by atoms with E-state index in [1.54, 1.807) is 0 Å². The van der Waals surface area contributed by atoms with Crippen LogP contribution in [0.3, 0.4) is 0 Å². The van der Waals surface area contributed by atoms with E-state index >= 15 is 0 Å². The molecule has 1 saturated carbocycles. The maximum atomic E-state index is 12.0. The average molecular weight is 365 g/mol. The van der Waals surface area contributed by atoms with Crippen molar-refractivity contribution in [2.24, 2.45) is 0 Å². The van der Waals surface area contributed by atoms with Crippen LogP contribution in [-0.2, 0) is 4.79 Å². The number of benzene rings is 1. The van der Waals surface area contributed by atoms with Gasteiger partial charge in [-0.2, -0.15) is 0 Å². The number of nitrogens with one attached hydrogen (secondary N) is 1. The highest BCUT2D eigenvalue weighted by molar-refractivity contribution is 6.43. The van der Waals surface area contributed by atoms with Crippen molar-refractivity contribution in [1.29, 1.82) is 0 Å². The molecule has 1 aliphatic carbocycles. The standard InChI is InChI=1S/C16H20Cl3NO2/c17-12-8-14(19)15(9-13(12)18)22-10-16(21)20-11-6-4-2-1-3-5-7-11/h8-9,11H,1-7,10H2,(H,20,21). The van der Waals surface area contributed by atoms with Crippen LogP contribution in [0.15, 0.2) is 12.1 Å². The molecule has 0 heterocycles. The van der Waals surface area contributed by atoms with Crippen molar-refractivity contribution in [3.63, 3.8) is 0 Å². The molecule has 1 aliphatic rings. The molecule has 0 saturated heterocycles. The van der Waals surface area contributed by atoms with Crippen LogP contribution in [-0.4, -0.2) is 18.6 Å². The molecule has 0 aromatic heterocycles. The molecule has 0 spiro atoms. The molecule has 3 nitrogen and oxygen atoms in total. The summed E-state index contributed by atoms with van der Waals surface area (Å²) < 4.78 is 5.44. The SMILES string of the molecule is O=C(COc1cc(Cl)c(Cl)cc1Cl)NC1CCCCCCC1. The predicted molar refractivity (Wildman–Crippen MR) is 91.2 cm³/mol. The zero-order valence-corrected chi connectivity index (χ0v) is 14.6. The topological polar surface area (TPSA) is 38.3 Å². The molecule has 1 amide bonds. The Hall–Kier alpha value is -0.640. The highest BCUT2D eigenvalue weighted by Crippen LogP contribution is 2.33. The van der Waals surface area contributed by atoms with E-state index in [9.17, 15) is 4.79 Å². The molecule has 0 atom stereocenters. The lowest BCUT2D eigenvalue weighted by atomic mass is 9.97. The fourth-order valence-corrected chi connectivity index (χ4v) is 3.22. The first-order chi connectivity index (χ1) is 10.6. The number of halogens is 3. The van der Waals surface area contributed by atoms with Gasteiger partial charge >= 0.3 is 0 Å². The normalized spacial score (nSPS) is 16.7. The number of ether oxygens (including phenoxy) is 1. The van der Waals surface area contributed by atoms with E-state index < -0.39 is 0 Å². The Morgan fingerprint density at radius 2 is 1.59 bits per heavy atom. The van der Waals surface area contributed by atoms with Gasteiger partial charge in [0.25, 0.3) is 5.91 Å². The number of rotatable bonds is 4. The fraction of sp³-hybridized carbons (Fsp3) is 0.562. The van der Waals surface area contributed by atoms with Crippen LogP contribution in [0.2, 0.25) is 15.1 Å². The van der Waals surface area contributed by atoms with E-state index in [0.717, 1.165) is 12.8 Å². The monoisotopic (exact) mass is 363 g/mol. The largest absolute Gasteiger partial charge is 0.482 e. The molecular weight excluding hydrogens is 345 g/mol. The molecule has 0 unspecified atom stereocenters. The molecule has 22 heavy (non-hydrogen) atoms. The quantitative estimate of drug-likeness (QED) is 0.740. The maximum absolute atomic E-state index is 12.0. The summed E-state index contributed by atoms with van der Waals surface area (Å²) in [5, 5.41) is 4.09. The Kier molecular flexibility index (Phi) is 7.13. The lowest BCUT2D eigenvalue weighted by molar-refractivity contribution is -0.123. The van der Waals surface area contributed by atoms with Crippen molar-refractivity contribution < 1.29 is 9.53 Å². The van der Waals surface area contributed by atoms with Gasteiger partial charge in [0.1, 0.15) is 5.75 Å². The first kappa shape index (κ1) is 17.7. The van der Waals surface area contributed by atoms with Crippen molar-refractivity contribution in [2.45, 2.75) is 51.0 Å². The summed E-state index contributed by atoms with van der Waals surface area (Å²) in [5.74, 6) is 0.233. The van der Waals surface area contributed by atoms with Gasteiger partial charge in [0, 0.05) is 12.1 Å². The minimum atomic E-state index is -0.132. The lowest BCUT2D eigenvalue weighted by Gasteiger charge is -2.21. The van der Waals surface area contributed by atoms with Crippen molar-refractivity contribution in [3.8, 4) is 5.75 Å². The molecule has 1 N–H and O–H groups in total. The zero-order valence-electron chi connectivity index (χ0n) is 12.3. The van der Waals surface area contributed by atoms with Gasteiger partial charge < -0.3 is 10.1 Å². The van der Waals surface area contributed by atoms with E-state index in [1.807, 2.05) is 0 Å². The summed E-state index contributed by atoms with van der Waals surface area (Å²) in [6.07, 6.45) is 8.23. The molecule has 1 fully saturated rings. The fourth-order valence-electron chi connectivity index (χ4n) is 2.63. The highest BCUT2D eigenvalue weighted by atomic mass is 35.5. The molecule has 0 bridgehead atoms. The molecule has 0 aliphatic heterocycles. The van der Waals surface area contributed by atoms with Crippen LogP contribution < -0.4 is 10.1 Å². The van der Waals surface area contributed by atoms with Crippen molar-refractivity contribution >= 4 is 40.7 Å². The smallest absolute Gasteiger partial charge is 0.258 e. The second-order valence-corrected chi connectivity index (χ2v) is 6.82. The number of carbonyl (C=O) groups is 1. The van der Waals surface area contributed by atoms with Crippen LogP contribution in [0.25, 0.3) is 0 Å². The Labute approximate surface area is 146 Å². The van der Waals surface area contributed by atoms with Crippen LogP contribution >= 0.6 is 34.8 Å². The number of carbonyl (C=O) groups excluding carboxylic acids is 1. The third-order valence-electron chi connectivity index (χ3n) is 3.80. The third-order valence-corrected chi connectivity index (χ3v) is 4.82. The zero-order chi connectivity index (χ0) is 15.9. The summed E-state index contributed by atoms with van der Waals surface area (Å²) in [6.45, 7) is -0.0752. The molecule has 1 aromatic carbocycles. The van der Waals surface area contributed by atoms with E-state index in [1.165, 1.54) is 44.2 Å². The first-order valence-electron chi connectivity index (χ1n) is 7.63. The van der Waals surface area contributed by atoms with E-state index in [4.69, 9.17) is 39.5 Å². The Morgan fingerprint density at radius 1 is 1.00 bits per heavy atom. The molecule has 2 rings (SSSR count). The van der Waals surface area contributed by atoms with Crippen LogP contribution in [0, 0.1) is 0 Å². The number of amides is 1. The van der Waals surface area contributed by atoms with Crippen LogP contribution in [0.4, 0.5) is 0 Å².